The van der Waals surface area contributed by atoms with Gasteiger partial charge in [-0.2, -0.15) is 0 Å². The molecule has 1 fully saturated rings. The number of nitrogens with one attached hydrogen (secondary N) is 1. The number of hydrogen-bond donors (Lipinski definition) is 2. The van der Waals surface area contributed by atoms with E-state index >= 15 is 0 Å². The average Bonchev–Trinajstić information content (AvgIpc) is 3.30. The molecule has 2 aliphatic rings. The zero-order valence-corrected chi connectivity index (χ0v) is 13.6. The van der Waals surface area contributed by atoms with Crippen molar-refractivity contribution in [1.82, 2.24) is 14.9 Å². The van der Waals surface area contributed by atoms with E-state index in [0.29, 0.717) is 23.4 Å². The maximum atomic E-state index is 13.7. The Hall–Kier alpha value is -2.21. The van der Waals surface area contributed by atoms with Gasteiger partial charge in [-0.05, 0) is 38.3 Å². The van der Waals surface area contributed by atoms with Crippen molar-refractivity contribution in [2.75, 3.05) is 6.54 Å². The van der Waals surface area contributed by atoms with E-state index in [1.165, 1.54) is 6.07 Å². The third-order valence-electron chi connectivity index (χ3n) is 4.52. The molecule has 24 heavy (non-hydrogen) atoms. The van der Waals surface area contributed by atoms with Gasteiger partial charge in [-0.25, -0.2) is 13.8 Å². The first-order chi connectivity index (χ1) is 11.3. The Morgan fingerprint density at radius 2 is 1.96 bits per heavy atom. The first-order valence-corrected chi connectivity index (χ1v) is 8.09. The lowest BCUT2D eigenvalue weighted by Crippen LogP contribution is -2.27. The van der Waals surface area contributed by atoms with Crippen molar-refractivity contribution in [3.63, 3.8) is 0 Å². The molecule has 0 amide bonds. The van der Waals surface area contributed by atoms with Crippen LogP contribution in [-0.4, -0.2) is 26.8 Å². The summed E-state index contributed by atoms with van der Waals surface area (Å²) in [5, 5.41) is 13.4. The van der Waals surface area contributed by atoms with Gasteiger partial charge in [-0.3, -0.25) is 0 Å². The molecule has 1 aliphatic heterocycles. The molecular formula is C18H19F2N3O. The highest BCUT2D eigenvalue weighted by Gasteiger charge is 2.31. The van der Waals surface area contributed by atoms with E-state index in [2.05, 4.69) is 10.3 Å². The highest BCUT2D eigenvalue weighted by molar-refractivity contribution is 5.81. The predicted molar refractivity (Wildman–Crippen MR) is 88.3 cm³/mol. The van der Waals surface area contributed by atoms with Crippen LogP contribution < -0.4 is 5.32 Å². The van der Waals surface area contributed by atoms with Crippen molar-refractivity contribution in [3.05, 3.63) is 47.4 Å². The standard InChI is InChI=1S/C18H19F2N3O/c1-18(2,24)11-5-10(8-21-9-11)17-22-15-6-13(19)14(20)7-16(15)23(17)12-3-4-12/h5-7,9,12,21,24H,3-4,8H2,1-2H3. The summed E-state index contributed by atoms with van der Waals surface area (Å²) in [7, 11) is 0. The fourth-order valence-corrected chi connectivity index (χ4v) is 3.07. The second kappa shape index (κ2) is 5.14. The van der Waals surface area contributed by atoms with Crippen LogP contribution in [0.15, 0.2) is 30.0 Å². The fraction of sp³-hybridized carbons (Fsp3) is 0.389. The van der Waals surface area contributed by atoms with Crippen molar-refractivity contribution in [1.29, 1.82) is 0 Å². The summed E-state index contributed by atoms with van der Waals surface area (Å²) in [6.07, 6.45) is 5.70. The van der Waals surface area contributed by atoms with E-state index in [-0.39, 0.29) is 6.04 Å². The fourth-order valence-electron chi connectivity index (χ4n) is 3.07. The van der Waals surface area contributed by atoms with Crippen LogP contribution in [0.4, 0.5) is 8.78 Å². The molecule has 2 aromatic rings. The van der Waals surface area contributed by atoms with E-state index in [0.717, 1.165) is 30.1 Å². The lowest BCUT2D eigenvalue weighted by molar-refractivity contribution is 0.123. The van der Waals surface area contributed by atoms with Gasteiger partial charge in [0.15, 0.2) is 11.6 Å². The Labute approximate surface area is 138 Å². The largest absolute Gasteiger partial charge is 0.386 e. The van der Waals surface area contributed by atoms with Gasteiger partial charge in [-0.1, -0.05) is 0 Å². The molecule has 1 saturated carbocycles. The van der Waals surface area contributed by atoms with Crippen LogP contribution in [0.25, 0.3) is 16.6 Å². The molecule has 0 bridgehead atoms. The summed E-state index contributed by atoms with van der Waals surface area (Å²) in [4.78, 5) is 4.56. The van der Waals surface area contributed by atoms with Gasteiger partial charge in [-0.15, -0.1) is 0 Å². The average molecular weight is 331 g/mol. The van der Waals surface area contributed by atoms with Crippen LogP contribution in [0.1, 0.15) is 38.6 Å². The van der Waals surface area contributed by atoms with E-state index in [9.17, 15) is 13.9 Å². The van der Waals surface area contributed by atoms with Gasteiger partial charge < -0.3 is 15.0 Å². The number of hydrogen-bond acceptors (Lipinski definition) is 3. The molecule has 6 heteroatoms. The number of imidazole rings is 1. The van der Waals surface area contributed by atoms with Gasteiger partial charge in [0.1, 0.15) is 5.82 Å². The van der Waals surface area contributed by atoms with E-state index in [4.69, 9.17) is 0 Å². The van der Waals surface area contributed by atoms with E-state index in [1.807, 2.05) is 10.6 Å². The van der Waals surface area contributed by atoms with Gasteiger partial charge in [0.2, 0.25) is 0 Å². The maximum absolute atomic E-state index is 13.7. The summed E-state index contributed by atoms with van der Waals surface area (Å²) in [6.45, 7) is 3.99. The number of benzene rings is 1. The molecule has 2 N–H and O–H groups in total. The Morgan fingerprint density at radius 1 is 1.25 bits per heavy atom. The van der Waals surface area contributed by atoms with Crippen LogP contribution in [0.2, 0.25) is 0 Å². The molecule has 2 heterocycles. The Kier molecular flexibility index (Phi) is 3.28. The van der Waals surface area contributed by atoms with Crippen LogP contribution in [0.5, 0.6) is 0 Å². The number of rotatable bonds is 3. The number of aliphatic hydroxyl groups is 1. The number of aromatic nitrogens is 2. The van der Waals surface area contributed by atoms with Gasteiger partial charge >= 0.3 is 0 Å². The lowest BCUT2D eigenvalue weighted by Gasteiger charge is -2.24. The summed E-state index contributed by atoms with van der Waals surface area (Å²) < 4.78 is 29.3. The summed E-state index contributed by atoms with van der Waals surface area (Å²) in [5.74, 6) is -1.04. The van der Waals surface area contributed by atoms with E-state index < -0.39 is 17.2 Å². The zero-order chi connectivity index (χ0) is 17.1. The Balaban J connectivity index is 1.89. The molecule has 4 nitrogen and oxygen atoms in total. The molecule has 4 rings (SSSR count). The normalized spacial score (nSPS) is 18.4. The highest BCUT2D eigenvalue weighted by Crippen LogP contribution is 2.41. The van der Waals surface area contributed by atoms with Crippen molar-refractivity contribution in [3.8, 4) is 0 Å². The monoisotopic (exact) mass is 331 g/mol. The minimum atomic E-state index is -0.979. The number of halogens is 2. The predicted octanol–water partition coefficient (Wildman–Crippen LogP) is 3.29. The molecule has 0 saturated heterocycles. The molecule has 0 unspecified atom stereocenters. The van der Waals surface area contributed by atoms with Crippen LogP contribution >= 0.6 is 0 Å². The molecule has 0 spiro atoms. The molecule has 0 atom stereocenters. The third-order valence-corrected chi connectivity index (χ3v) is 4.52. The third kappa shape index (κ3) is 2.51. The molecule has 126 valence electrons. The van der Waals surface area contributed by atoms with Crippen molar-refractivity contribution >= 4 is 16.6 Å². The second-order valence-electron chi connectivity index (χ2n) is 7.00. The number of dihydropyridines is 1. The molecule has 1 aromatic carbocycles. The SMILES string of the molecule is CC(C)(O)C1=CNCC(c2nc3cc(F)c(F)cc3n2C2CC2)=C1. The first-order valence-electron chi connectivity index (χ1n) is 8.09. The second-order valence-corrected chi connectivity index (χ2v) is 7.00. The molecular weight excluding hydrogens is 312 g/mol. The minimum absolute atomic E-state index is 0.271. The molecule has 1 aromatic heterocycles. The maximum Gasteiger partial charge on any atom is 0.161 e. The quantitative estimate of drug-likeness (QED) is 0.907. The zero-order valence-electron chi connectivity index (χ0n) is 13.6. The van der Waals surface area contributed by atoms with Crippen molar-refractivity contribution in [2.24, 2.45) is 0 Å². The summed E-state index contributed by atoms with van der Waals surface area (Å²) >= 11 is 0. The first kappa shape index (κ1) is 15.3. The molecule has 0 radical (unpaired) electrons. The van der Waals surface area contributed by atoms with Crippen LogP contribution in [-0.2, 0) is 0 Å². The number of fused-ring (bicyclic) bond motifs is 1. The number of nitrogens with zero attached hydrogens (tertiary/aromatic N) is 2. The lowest BCUT2D eigenvalue weighted by atomic mass is 9.95. The van der Waals surface area contributed by atoms with Crippen LogP contribution in [0, 0.1) is 11.6 Å². The van der Waals surface area contributed by atoms with Gasteiger partial charge in [0.25, 0.3) is 0 Å². The topological polar surface area (TPSA) is 50.1 Å². The highest BCUT2D eigenvalue weighted by atomic mass is 19.2. The summed E-state index contributed by atoms with van der Waals surface area (Å²) in [5.41, 5.74) is 1.74. The van der Waals surface area contributed by atoms with Crippen molar-refractivity contribution in [2.45, 2.75) is 38.3 Å². The van der Waals surface area contributed by atoms with Gasteiger partial charge in [0.05, 0.1) is 16.6 Å². The molecule has 1 aliphatic carbocycles. The summed E-state index contributed by atoms with van der Waals surface area (Å²) in [6, 6.07) is 2.65. The van der Waals surface area contributed by atoms with E-state index in [1.54, 1.807) is 20.0 Å². The Bertz CT molecular complexity index is 886. The minimum Gasteiger partial charge on any atom is -0.386 e. The Morgan fingerprint density at radius 3 is 2.62 bits per heavy atom. The smallest absolute Gasteiger partial charge is 0.161 e. The van der Waals surface area contributed by atoms with Gasteiger partial charge in [0, 0.05) is 36.5 Å². The van der Waals surface area contributed by atoms with Crippen molar-refractivity contribution < 1.29 is 13.9 Å². The van der Waals surface area contributed by atoms with Crippen LogP contribution in [0.3, 0.4) is 0 Å².